The topological polar surface area (TPSA) is 26.3 Å². The third-order valence-corrected chi connectivity index (χ3v) is 6.78. The van der Waals surface area contributed by atoms with Crippen LogP contribution in [0.15, 0.2) is 22.7 Å². The third-order valence-electron chi connectivity index (χ3n) is 4.12. The first-order valence-corrected chi connectivity index (χ1v) is 9.83. The second kappa shape index (κ2) is 6.26. The molecule has 2 saturated heterocycles. The van der Waals surface area contributed by atoms with Crippen molar-refractivity contribution < 1.29 is 9.53 Å². The number of hydrogen-bond acceptors (Lipinski definition) is 3. The molecule has 3 rings (SSSR count). The van der Waals surface area contributed by atoms with Gasteiger partial charge in [-0.2, -0.15) is 11.8 Å². The number of carbonyl (C=O) groups is 1. The van der Waals surface area contributed by atoms with Crippen LogP contribution in [-0.2, 0) is 4.74 Å². The molecule has 1 aromatic rings. The van der Waals surface area contributed by atoms with Crippen LogP contribution in [0.25, 0.3) is 0 Å². The molecule has 20 heavy (non-hydrogen) atoms. The molecule has 0 aliphatic carbocycles. The molecule has 2 heterocycles. The molecule has 2 nitrogen and oxygen atoms in total. The highest BCUT2D eigenvalue weighted by Gasteiger charge is 2.42. The van der Waals surface area contributed by atoms with Gasteiger partial charge in [0.05, 0.1) is 5.60 Å². The first-order chi connectivity index (χ1) is 9.60. The molecule has 1 spiro atoms. The number of Topliss-reactive ketones (excluding diaryl/α,β-unsaturated/α-hetero) is 1. The third kappa shape index (κ3) is 3.10. The van der Waals surface area contributed by atoms with Crippen LogP contribution in [0.4, 0.5) is 0 Å². The zero-order chi connectivity index (χ0) is 14.2. The molecule has 0 amide bonds. The lowest BCUT2D eigenvalue weighted by Gasteiger charge is -2.37. The van der Waals surface area contributed by atoms with Crippen molar-refractivity contribution in [3.8, 4) is 0 Å². The van der Waals surface area contributed by atoms with Crippen LogP contribution in [-0.4, -0.2) is 29.5 Å². The van der Waals surface area contributed by atoms with Gasteiger partial charge in [0.2, 0.25) is 0 Å². The zero-order valence-electron chi connectivity index (χ0n) is 11.0. The quantitative estimate of drug-likeness (QED) is 0.472. The van der Waals surface area contributed by atoms with E-state index in [2.05, 4.69) is 38.5 Å². The van der Waals surface area contributed by atoms with Crippen LogP contribution in [0.2, 0.25) is 0 Å². The molecule has 2 fully saturated rings. The Morgan fingerprint density at radius 3 is 3.10 bits per heavy atom. The van der Waals surface area contributed by atoms with Gasteiger partial charge < -0.3 is 4.74 Å². The first-order valence-electron chi connectivity index (χ1n) is 6.81. The van der Waals surface area contributed by atoms with E-state index >= 15 is 0 Å². The number of carbonyl (C=O) groups excluding carboxylic acids is 1. The van der Waals surface area contributed by atoms with Crippen molar-refractivity contribution >= 4 is 56.1 Å². The van der Waals surface area contributed by atoms with E-state index in [0.29, 0.717) is 0 Å². The molecule has 1 aromatic carbocycles. The molecule has 2 aliphatic heterocycles. The summed E-state index contributed by atoms with van der Waals surface area (Å²) in [5, 5.41) is 0. The van der Waals surface area contributed by atoms with Crippen LogP contribution in [0.5, 0.6) is 0 Å². The zero-order valence-corrected chi connectivity index (χ0v) is 15.6. The molecular formula is C15H16BrIO2S. The van der Waals surface area contributed by atoms with Crippen molar-refractivity contribution in [2.24, 2.45) is 5.92 Å². The number of ketones is 1. The lowest BCUT2D eigenvalue weighted by atomic mass is 9.81. The van der Waals surface area contributed by atoms with Gasteiger partial charge in [0, 0.05) is 31.9 Å². The Bertz CT molecular complexity index is 529. The summed E-state index contributed by atoms with van der Waals surface area (Å²) in [6.45, 7) is 0.724. The predicted octanol–water partition coefficient (Wildman–Crippen LogP) is 4.54. The molecular weight excluding hydrogens is 451 g/mol. The van der Waals surface area contributed by atoms with Crippen molar-refractivity contribution in [3.63, 3.8) is 0 Å². The number of thioether (sulfide) groups is 1. The Morgan fingerprint density at radius 1 is 1.50 bits per heavy atom. The van der Waals surface area contributed by atoms with Crippen molar-refractivity contribution in [3.05, 3.63) is 31.8 Å². The number of rotatable bonds is 2. The molecule has 0 aromatic heterocycles. The highest BCUT2D eigenvalue weighted by molar-refractivity contribution is 14.1. The maximum absolute atomic E-state index is 12.8. The summed E-state index contributed by atoms with van der Waals surface area (Å²) in [4.78, 5) is 12.8. The maximum atomic E-state index is 12.8. The fourth-order valence-electron chi connectivity index (χ4n) is 3.02. The van der Waals surface area contributed by atoms with Crippen molar-refractivity contribution in [1.29, 1.82) is 0 Å². The van der Waals surface area contributed by atoms with Crippen LogP contribution < -0.4 is 0 Å². The summed E-state index contributed by atoms with van der Waals surface area (Å²) in [6.07, 6.45) is 2.84. The van der Waals surface area contributed by atoms with Gasteiger partial charge in [-0.05, 0) is 65.8 Å². The molecule has 2 atom stereocenters. The van der Waals surface area contributed by atoms with Gasteiger partial charge in [-0.3, -0.25) is 4.79 Å². The minimum Gasteiger partial charge on any atom is -0.374 e. The van der Waals surface area contributed by atoms with Gasteiger partial charge in [0.15, 0.2) is 5.78 Å². The molecule has 2 unspecified atom stereocenters. The molecule has 2 aliphatic rings. The van der Waals surface area contributed by atoms with E-state index in [1.54, 1.807) is 0 Å². The Kier molecular flexibility index (Phi) is 4.79. The van der Waals surface area contributed by atoms with Crippen molar-refractivity contribution in [2.45, 2.75) is 24.9 Å². The normalized spacial score (nSPS) is 29.8. The highest BCUT2D eigenvalue weighted by Crippen LogP contribution is 2.41. The van der Waals surface area contributed by atoms with Crippen LogP contribution >= 0.6 is 50.3 Å². The summed E-state index contributed by atoms with van der Waals surface area (Å²) < 4.78 is 8.02. The molecule has 0 radical (unpaired) electrons. The molecule has 108 valence electrons. The summed E-state index contributed by atoms with van der Waals surface area (Å²) >= 11 is 7.67. The van der Waals surface area contributed by atoms with Crippen LogP contribution in [0.1, 0.15) is 29.6 Å². The van der Waals surface area contributed by atoms with E-state index in [4.69, 9.17) is 4.74 Å². The minimum absolute atomic E-state index is 0.0271. The van der Waals surface area contributed by atoms with Gasteiger partial charge in [-0.25, -0.2) is 0 Å². The van der Waals surface area contributed by atoms with E-state index in [9.17, 15) is 4.79 Å². The van der Waals surface area contributed by atoms with Gasteiger partial charge in [0.25, 0.3) is 0 Å². The van der Waals surface area contributed by atoms with Crippen LogP contribution in [0, 0.1) is 9.49 Å². The molecule has 5 heteroatoms. The summed E-state index contributed by atoms with van der Waals surface area (Å²) in [7, 11) is 0. The smallest absolute Gasteiger partial charge is 0.167 e. The Hall–Kier alpha value is 0.410. The van der Waals surface area contributed by atoms with Crippen molar-refractivity contribution in [2.75, 3.05) is 18.1 Å². The van der Waals surface area contributed by atoms with E-state index in [-0.39, 0.29) is 17.3 Å². The number of halogens is 2. The van der Waals surface area contributed by atoms with E-state index in [1.165, 1.54) is 0 Å². The Labute approximate surface area is 145 Å². The van der Waals surface area contributed by atoms with Crippen LogP contribution in [0.3, 0.4) is 0 Å². The largest absolute Gasteiger partial charge is 0.374 e. The lowest BCUT2D eigenvalue weighted by molar-refractivity contribution is -0.0734. The van der Waals surface area contributed by atoms with E-state index in [1.807, 2.05) is 30.0 Å². The van der Waals surface area contributed by atoms with Gasteiger partial charge >= 0.3 is 0 Å². The Morgan fingerprint density at radius 2 is 2.35 bits per heavy atom. The fraction of sp³-hybridized carbons (Fsp3) is 0.533. The molecule has 0 saturated carbocycles. The first kappa shape index (κ1) is 15.3. The second-order valence-corrected chi connectivity index (χ2v) is 8.70. The van der Waals surface area contributed by atoms with Gasteiger partial charge in [0.1, 0.15) is 0 Å². The highest BCUT2D eigenvalue weighted by atomic mass is 127. The standard InChI is InChI=1S/C15H16BrIO2S/c16-11-1-2-13(17)12(7-11)14(18)10-3-5-19-15(8-10)4-6-20-9-15/h1-2,7,10H,3-6,8-9H2. The summed E-state index contributed by atoms with van der Waals surface area (Å²) in [5.41, 5.74) is 0.827. The number of ether oxygens (including phenoxy) is 1. The number of benzene rings is 1. The minimum atomic E-state index is -0.0271. The average Bonchev–Trinajstić information content (AvgIpc) is 2.88. The van der Waals surface area contributed by atoms with Gasteiger partial charge in [-0.1, -0.05) is 15.9 Å². The second-order valence-electron chi connectivity index (χ2n) is 5.51. The van der Waals surface area contributed by atoms with Gasteiger partial charge in [-0.15, -0.1) is 0 Å². The van der Waals surface area contributed by atoms with E-state index in [0.717, 1.165) is 51.0 Å². The Balaban J connectivity index is 1.81. The average molecular weight is 467 g/mol. The van der Waals surface area contributed by atoms with Crippen molar-refractivity contribution in [1.82, 2.24) is 0 Å². The summed E-state index contributed by atoms with van der Waals surface area (Å²) in [5.74, 6) is 2.61. The lowest BCUT2D eigenvalue weighted by Crippen LogP contribution is -2.42. The monoisotopic (exact) mass is 466 g/mol. The van der Waals surface area contributed by atoms with E-state index < -0.39 is 0 Å². The fourth-order valence-corrected chi connectivity index (χ4v) is 5.36. The number of hydrogen-bond donors (Lipinski definition) is 0. The maximum Gasteiger partial charge on any atom is 0.167 e. The molecule has 0 bridgehead atoms. The summed E-state index contributed by atoms with van der Waals surface area (Å²) in [6, 6.07) is 5.94. The molecule has 0 N–H and O–H groups in total. The predicted molar refractivity (Wildman–Crippen MR) is 94.5 cm³/mol. The SMILES string of the molecule is O=C(c1cc(Br)ccc1I)C1CCOC2(CCSC2)C1.